The quantitative estimate of drug-likeness (QED) is 0.633. The van der Waals surface area contributed by atoms with Crippen molar-refractivity contribution in [3.63, 3.8) is 0 Å². The van der Waals surface area contributed by atoms with E-state index in [2.05, 4.69) is 5.32 Å². The smallest absolute Gasteiger partial charge is 0.313 e. The molecular formula is C8H9F4N. The molecule has 13 heavy (non-hydrogen) atoms. The molecule has 0 bridgehead atoms. The van der Waals surface area contributed by atoms with Crippen molar-refractivity contribution >= 4 is 0 Å². The summed E-state index contributed by atoms with van der Waals surface area (Å²) in [6, 6.07) is 0. The van der Waals surface area contributed by atoms with Gasteiger partial charge in [-0.3, -0.25) is 0 Å². The van der Waals surface area contributed by atoms with Crippen LogP contribution in [0.5, 0.6) is 0 Å². The van der Waals surface area contributed by atoms with Crippen molar-refractivity contribution in [2.75, 3.05) is 13.1 Å². The average Bonchev–Trinajstić information content (AvgIpc) is 2.04. The Morgan fingerprint density at radius 3 is 2.62 bits per heavy atom. The number of alkyl halides is 3. The van der Waals surface area contributed by atoms with Crippen molar-refractivity contribution in [3.05, 3.63) is 23.6 Å². The summed E-state index contributed by atoms with van der Waals surface area (Å²) in [4.78, 5) is 0. The Morgan fingerprint density at radius 1 is 1.46 bits per heavy atom. The zero-order valence-corrected chi connectivity index (χ0v) is 6.79. The maximum Gasteiger partial charge on any atom is 0.442 e. The number of hydrogen-bond acceptors (Lipinski definition) is 1. The van der Waals surface area contributed by atoms with Crippen molar-refractivity contribution in [1.82, 2.24) is 5.32 Å². The van der Waals surface area contributed by atoms with Crippen LogP contribution in [0.4, 0.5) is 17.6 Å². The molecule has 0 aromatic rings. The van der Waals surface area contributed by atoms with E-state index in [1.165, 1.54) is 0 Å². The molecule has 0 radical (unpaired) electrons. The minimum atomic E-state index is -4.86. The first kappa shape index (κ1) is 10.2. The first-order valence-electron chi connectivity index (χ1n) is 3.84. The van der Waals surface area contributed by atoms with Crippen LogP contribution in [0.2, 0.25) is 0 Å². The Kier molecular flexibility index (Phi) is 3.08. The summed E-state index contributed by atoms with van der Waals surface area (Å²) >= 11 is 0. The van der Waals surface area contributed by atoms with Gasteiger partial charge in [-0.2, -0.15) is 13.2 Å². The lowest BCUT2D eigenvalue weighted by Crippen LogP contribution is -2.20. The molecule has 74 valence electrons. The van der Waals surface area contributed by atoms with Crippen LogP contribution >= 0.6 is 0 Å². The van der Waals surface area contributed by atoms with E-state index < -0.39 is 12.0 Å². The van der Waals surface area contributed by atoms with Crippen LogP contribution in [0.1, 0.15) is 6.42 Å². The molecule has 0 aliphatic carbocycles. The Hall–Kier alpha value is -0.840. The van der Waals surface area contributed by atoms with Gasteiger partial charge in [0.05, 0.1) is 0 Å². The molecular weight excluding hydrogens is 186 g/mol. The van der Waals surface area contributed by atoms with Crippen LogP contribution in [-0.4, -0.2) is 19.3 Å². The number of halogens is 4. The fourth-order valence-corrected chi connectivity index (χ4v) is 1.02. The molecule has 0 aromatic heterocycles. The second kappa shape index (κ2) is 3.91. The third kappa shape index (κ3) is 3.18. The van der Waals surface area contributed by atoms with Crippen LogP contribution in [-0.2, 0) is 0 Å². The Labute approximate surface area is 73.1 Å². The van der Waals surface area contributed by atoms with Gasteiger partial charge in [-0.05, 0) is 24.6 Å². The summed E-state index contributed by atoms with van der Waals surface area (Å²) in [5.41, 5.74) is 0.397. The molecule has 1 N–H and O–H groups in total. The Morgan fingerprint density at radius 2 is 2.15 bits per heavy atom. The molecule has 1 nitrogen and oxygen atoms in total. The van der Waals surface area contributed by atoms with E-state index in [-0.39, 0.29) is 0 Å². The molecule has 1 aliphatic rings. The average molecular weight is 195 g/mol. The minimum Gasteiger partial charge on any atom is -0.313 e. The Balaban J connectivity index is 2.69. The van der Waals surface area contributed by atoms with E-state index >= 15 is 0 Å². The standard InChI is InChI=1S/C8H9F4N/c9-7(8(10,11)12)5-6-1-3-13-4-2-6/h1,5,13H,2-4H2/b7-5+. The predicted octanol–water partition coefficient (Wildman–Crippen LogP) is 2.32. The highest BCUT2D eigenvalue weighted by Crippen LogP contribution is 2.28. The number of allylic oxidation sites excluding steroid dienone is 2. The largest absolute Gasteiger partial charge is 0.442 e. The van der Waals surface area contributed by atoms with E-state index in [0.717, 1.165) is 0 Å². The summed E-state index contributed by atoms with van der Waals surface area (Å²) in [6.07, 6.45) is -2.31. The highest BCUT2D eigenvalue weighted by atomic mass is 19.4. The molecule has 0 amide bonds. The topological polar surface area (TPSA) is 12.0 Å². The van der Waals surface area contributed by atoms with Crippen LogP contribution in [0.3, 0.4) is 0 Å². The maximum absolute atomic E-state index is 12.4. The molecule has 0 fully saturated rings. The highest BCUT2D eigenvalue weighted by Gasteiger charge is 2.34. The van der Waals surface area contributed by atoms with E-state index in [1.54, 1.807) is 6.08 Å². The highest BCUT2D eigenvalue weighted by molar-refractivity contribution is 5.24. The van der Waals surface area contributed by atoms with E-state index in [9.17, 15) is 17.6 Å². The van der Waals surface area contributed by atoms with E-state index in [4.69, 9.17) is 0 Å². The van der Waals surface area contributed by atoms with Crippen LogP contribution in [0.15, 0.2) is 23.6 Å². The van der Waals surface area contributed by atoms with Crippen molar-refractivity contribution in [2.45, 2.75) is 12.6 Å². The first-order chi connectivity index (χ1) is 6.00. The van der Waals surface area contributed by atoms with Gasteiger partial charge in [0.15, 0.2) is 0 Å². The number of rotatable bonds is 1. The SMILES string of the molecule is F/C(=C/C1=CCNCC1)C(F)(F)F. The molecule has 0 aromatic carbocycles. The number of hydrogen-bond donors (Lipinski definition) is 1. The lowest BCUT2D eigenvalue weighted by Gasteiger charge is -2.11. The van der Waals surface area contributed by atoms with Crippen molar-refractivity contribution in [1.29, 1.82) is 0 Å². The summed E-state index contributed by atoms with van der Waals surface area (Å²) in [7, 11) is 0. The van der Waals surface area contributed by atoms with Gasteiger partial charge in [-0.25, -0.2) is 4.39 Å². The van der Waals surface area contributed by atoms with Gasteiger partial charge in [0.25, 0.3) is 0 Å². The molecule has 0 atom stereocenters. The summed E-state index contributed by atoms with van der Waals surface area (Å²) in [5, 5.41) is 2.92. The van der Waals surface area contributed by atoms with Gasteiger partial charge >= 0.3 is 6.18 Å². The molecule has 0 spiro atoms. The summed E-state index contributed by atoms with van der Waals surface area (Å²) < 4.78 is 47.5. The van der Waals surface area contributed by atoms with Crippen LogP contribution in [0, 0.1) is 0 Å². The monoisotopic (exact) mass is 195 g/mol. The van der Waals surface area contributed by atoms with Crippen molar-refractivity contribution in [3.8, 4) is 0 Å². The number of nitrogens with one attached hydrogen (secondary N) is 1. The minimum absolute atomic E-state index is 0.397. The van der Waals surface area contributed by atoms with Crippen LogP contribution in [0.25, 0.3) is 0 Å². The van der Waals surface area contributed by atoms with Crippen LogP contribution < -0.4 is 5.32 Å². The second-order valence-electron chi connectivity index (χ2n) is 2.72. The second-order valence-corrected chi connectivity index (χ2v) is 2.72. The molecule has 0 unspecified atom stereocenters. The first-order valence-corrected chi connectivity index (χ1v) is 3.84. The fourth-order valence-electron chi connectivity index (χ4n) is 1.02. The van der Waals surface area contributed by atoms with Gasteiger partial charge in [0.1, 0.15) is 0 Å². The van der Waals surface area contributed by atoms with Crippen molar-refractivity contribution < 1.29 is 17.6 Å². The van der Waals surface area contributed by atoms with Gasteiger partial charge < -0.3 is 5.32 Å². The molecule has 1 heterocycles. The molecule has 0 saturated carbocycles. The molecule has 5 heteroatoms. The normalized spacial score (nSPS) is 20.0. The van der Waals surface area contributed by atoms with E-state index in [0.29, 0.717) is 31.2 Å². The zero-order valence-electron chi connectivity index (χ0n) is 6.79. The summed E-state index contributed by atoms with van der Waals surface area (Å²) in [5.74, 6) is -2.03. The fraction of sp³-hybridized carbons (Fsp3) is 0.500. The van der Waals surface area contributed by atoms with Gasteiger partial charge in [0, 0.05) is 6.54 Å². The third-order valence-corrected chi connectivity index (χ3v) is 1.68. The molecule has 0 saturated heterocycles. The summed E-state index contributed by atoms with van der Waals surface area (Å²) in [6.45, 7) is 1.09. The maximum atomic E-state index is 12.4. The predicted molar refractivity (Wildman–Crippen MR) is 40.8 cm³/mol. The van der Waals surface area contributed by atoms with E-state index in [1.807, 2.05) is 0 Å². The molecule has 1 rings (SSSR count). The zero-order chi connectivity index (χ0) is 9.90. The van der Waals surface area contributed by atoms with Gasteiger partial charge in [0.2, 0.25) is 5.83 Å². The van der Waals surface area contributed by atoms with Crippen molar-refractivity contribution in [2.24, 2.45) is 0 Å². The van der Waals surface area contributed by atoms with Gasteiger partial charge in [-0.1, -0.05) is 6.08 Å². The Bertz CT molecular complexity index is 239. The molecule has 1 aliphatic heterocycles. The lowest BCUT2D eigenvalue weighted by molar-refractivity contribution is -0.108. The van der Waals surface area contributed by atoms with Gasteiger partial charge in [-0.15, -0.1) is 0 Å². The third-order valence-electron chi connectivity index (χ3n) is 1.68. The lowest BCUT2D eigenvalue weighted by atomic mass is 10.1.